The second kappa shape index (κ2) is 2.93. The first-order chi connectivity index (χ1) is 5.95. The van der Waals surface area contributed by atoms with Crippen molar-refractivity contribution in [1.82, 2.24) is 0 Å². The van der Waals surface area contributed by atoms with E-state index in [2.05, 4.69) is 0 Å². The van der Waals surface area contributed by atoms with Gasteiger partial charge in [-0.05, 0) is 13.0 Å². The topological polar surface area (TPSA) is 77.8 Å². The zero-order valence-corrected chi connectivity index (χ0v) is 6.71. The molecule has 1 aromatic carbocycles. The van der Waals surface area contributed by atoms with Gasteiger partial charge in [-0.2, -0.15) is 0 Å². The van der Waals surface area contributed by atoms with Crippen molar-refractivity contribution in [3.05, 3.63) is 23.0 Å². The van der Waals surface area contributed by atoms with E-state index in [1.807, 2.05) is 0 Å². The molecule has 70 valence electrons. The number of carboxylic acid groups (broad SMARTS) is 1. The van der Waals surface area contributed by atoms with Crippen molar-refractivity contribution in [2.45, 2.75) is 6.92 Å². The average molecular weight is 186 g/mol. The number of phenolic OH excluding ortho intramolecular Hbond substituents is 2. The lowest BCUT2D eigenvalue weighted by atomic mass is 10.1. The van der Waals surface area contributed by atoms with Crippen molar-refractivity contribution in [3.8, 4) is 11.5 Å². The fourth-order valence-electron chi connectivity index (χ4n) is 0.944. The van der Waals surface area contributed by atoms with Gasteiger partial charge in [0, 0.05) is 5.56 Å². The van der Waals surface area contributed by atoms with Crippen LogP contribution in [0, 0.1) is 12.7 Å². The number of benzene rings is 1. The molecule has 0 amide bonds. The van der Waals surface area contributed by atoms with Crippen LogP contribution < -0.4 is 0 Å². The van der Waals surface area contributed by atoms with Crippen LogP contribution in [0.25, 0.3) is 0 Å². The Morgan fingerprint density at radius 1 is 1.38 bits per heavy atom. The van der Waals surface area contributed by atoms with Crippen LogP contribution in [0.15, 0.2) is 6.07 Å². The third kappa shape index (κ3) is 1.40. The van der Waals surface area contributed by atoms with Crippen LogP contribution in [0.5, 0.6) is 11.5 Å². The van der Waals surface area contributed by atoms with Gasteiger partial charge in [0.2, 0.25) is 0 Å². The summed E-state index contributed by atoms with van der Waals surface area (Å²) in [5.41, 5.74) is -0.431. The Labute approximate surface area is 72.9 Å². The molecular formula is C8H7FO4. The van der Waals surface area contributed by atoms with Crippen molar-refractivity contribution in [3.63, 3.8) is 0 Å². The Morgan fingerprint density at radius 2 is 1.92 bits per heavy atom. The van der Waals surface area contributed by atoms with E-state index in [4.69, 9.17) is 15.3 Å². The summed E-state index contributed by atoms with van der Waals surface area (Å²) in [6.07, 6.45) is 0. The van der Waals surface area contributed by atoms with Gasteiger partial charge in [-0.1, -0.05) is 0 Å². The van der Waals surface area contributed by atoms with E-state index in [9.17, 15) is 9.18 Å². The summed E-state index contributed by atoms with van der Waals surface area (Å²) in [6, 6.07) is 0.659. The third-order valence-electron chi connectivity index (χ3n) is 1.71. The van der Waals surface area contributed by atoms with Crippen LogP contribution in [0.1, 0.15) is 15.9 Å². The highest BCUT2D eigenvalue weighted by atomic mass is 19.1. The van der Waals surface area contributed by atoms with Crippen LogP contribution in [-0.4, -0.2) is 21.3 Å². The zero-order chi connectivity index (χ0) is 10.2. The second-order valence-corrected chi connectivity index (χ2v) is 2.53. The lowest BCUT2D eigenvalue weighted by Crippen LogP contribution is -2.01. The molecule has 0 radical (unpaired) electrons. The van der Waals surface area contributed by atoms with Gasteiger partial charge in [-0.3, -0.25) is 0 Å². The predicted octanol–water partition coefficient (Wildman–Crippen LogP) is 1.24. The predicted molar refractivity (Wildman–Crippen MR) is 41.4 cm³/mol. The van der Waals surface area contributed by atoms with Crippen molar-refractivity contribution in [1.29, 1.82) is 0 Å². The normalized spacial score (nSPS) is 10.0. The minimum absolute atomic E-state index is 0.0635. The largest absolute Gasteiger partial charge is 0.504 e. The molecular weight excluding hydrogens is 179 g/mol. The maximum absolute atomic E-state index is 12.7. The Kier molecular flexibility index (Phi) is 2.10. The maximum Gasteiger partial charge on any atom is 0.336 e. The highest BCUT2D eigenvalue weighted by Gasteiger charge is 2.17. The molecule has 0 spiro atoms. The summed E-state index contributed by atoms with van der Waals surface area (Å²) < 4.78 is 12.7. The summed E-state index contributed by atoms with van der Waals surface area (Å²) in [7, 11) is 0. The first-order valence-corrected chi connectivity index (χ1v) is 3.39. The highest BCUT2D eigenvalue weighted by molar-refractivity contribution is 5.90. The number of aromatic carboxylic acids is 1. The SMILES string of the molecule is Cc1c(C(=O)O)cc(F)c(O)c1O. The fourth-order valence-corrected chi connectivity index (χ4v) is 0.944. The number of halogens is 1. The molecule has 0 aliphatic heterocycles. The molecule has 0 bridgehead atoms. The number of carbonyl (C=O) groups is 1. The van der Waals surface area contributed by atoms with Crippen LogP contribution in [0.4, 0.5) is 4.39 Å². The molecule has 0 saturated heterocycles. The Balaban J connectivity index is 3.50. The Bertz CT molecular complexity index is 373. The van der Waals surface area contributed by atoms with Crippen molar-refractivity contribution in [2.75, 3.05) is 0 Å². The van der Waals surface area contributed by atoms with E-state index >= 15 is 0 Å². The summed E-state index contributed by atoms with van der Waals surface area (Å²) in [5, 5.41) is 26.5. The summed E-state index contributed by atoms with van der Waals surface area (Å²) >= 11 is 0. The van der Waals surface area contributed by atoms with Gasteiger partial charge < -0.3 is 15.3 Å². The molecule has 1 rings (SSSR count). The second-order valence-electron chi connectivity index (χ2n) is 2.53. The van der Waals surface area contributed by atoms with Crippen LogP contribution >= 0.6 is 0 Å². The molecule has 0 aliphatic rings. The zero-order valence-electron chi connectivity index (χ0n) is 6.71. The molecule has 0 heterocycles. The number of rotatable bonds is 1. The molecule has 4 nitrogen and oxygen atoms in total. The number of hydrogen-bond donors (Lipinski definition) is 3. The van der Waals surface area contributed by atoms with Gasteiger partial charge in [0.05, 0.1) is 5.56 Å². The summed E-state index contributed by atoms with van der Waals surface area (Å²) in [4.78, 5) is 10.5. The molecule has 1 aromatic rings. The third-order valence-corrected chi connectivity index (χ3v) is 1.71. The minimum atomic E-state index is -1.35. The number of carboxylic acids is 1. The molecule has 0 fully saturated rings. The van der Waals surface area contributed by atoms with Gasteiger partial charge in [0.1, 0.15) is 0 Å². The molecule has 0 aromatic heterocycles. The molecule has 0 atom stereocenters. The van der Waals surface area contributed by atoms with Crippen molar-refractivity contribution < 1.29 is 24.5 Å². The highest BCUT2D eigenvalue weighted by Crippen LogP contribution is 2.33. The Morgan fingerprint density at radius 3 is 2.38 bits per heavy atom. The quantitative estimate of drug-likeness (QED) is 0.576. The van der Waals surface area contributed by atoms with E-state index in [0.717, 1.165) is 0 Å². The first-order valence-electron chi connectivity index (χ1n) is 3.39. The molecule has 13 heavy (non-hydrogen) atoms. The maximum atomic E-state index is 12.7. The molecule has 3 N–H and O–H groups in total. The number of hydrogen-bond acceptors (Lipinski definition) is 3. The van der Waals surface area contributed by atoms with Gasteiger partial charge in [0.25, 0.3) is 0 Å². The monoisotopic (exact) mass is 186 g/mol. The fraction of sp³-hybridized carbons (Fsp3) is 0.125. The van der Waals surface area contributed by atoms with Crippen molar-refractivity contribution in [2.24, 2.45) is 0 Å². The smallest absolute Gasteiger partial charge is 0.336 e. The van der Waals surface area contributed by atoms with E-state index in [0.29, 0.717) is 6.07 Å². The first kappa shape index (κ1) is 9.31. The Hall–Kier alpha value is -1.78. The van der Waals surface area contributed by atoms with Crippen LogP contribution in [-0.2, 0) is 0 Å². The standard InChI is InChI=1S/C8H7FO4/c1-3-4(8(12)13)2-5(9)7(11)6(3)10/h2,10-11H,1H3,(H,12,13). The lowest BCUT2D eigenvalue weighted by Gasteiger charge is -2.05. The van der Waals surface area contributed by atoms with E-state index in [1.54, 1.807) is 0 Å². The molecule has 0 unspecified atom stereocenters. The van der Waals surface area contributed by atoms with Gasteiger partial charge in [-0.25, -0.2) is 9.18 Å². The number of phenols is 2. The molecule has 0 aliphatic carbocycles. The summed E-state index contributed by atoms with van der Waals surface area (Å²) in [6.45, 7) is 1.28. The van der Waals surface area contributed by atoms with E-state index in [-0.39, 0.29) is 11.1 Å². The van der Waals surface area contributed by atoms with Gasteiger partial charge in [-0.15, -0.1) is 0 Å². The van der Waals surface area contributed by atoms with Crippen molar-refractivity contribution >= 4 is 5.97 Å². The van der Waals surface area contributed by atoms with E-state index in [1.165, 1.54) is 6.92 Å². The molecule has 5 heteroatoms. The average Bonchev–Trinajstić information content (AvgIpc) is 2.07. The van der Waals surface area contributed by atoms with Crippen LogP contribution in [0.3, 0.4) is 0 Å². The van der Waals surface area contributed by atoms with Gasteiger partial charge >= 0.3 is 5.97 Å². The summed E-state index contributed by atoms with van der Waals surface area (Å²) in [5.74, 6) is -4.17. The lowest BCUT2D eigenvalue weighted by molar-refractivity contribution is 0.0695. The minimum Gasteiger partial charge on any atom is -0.504 e. The number of aromatic hydroxyl groups is 2. The van der Waals surface area contributed by atoms with Crippen LogP contribution in [0.2, 0.25) is 0 Å². The van der Waals surface area contributed by atoms with Gasteiger partial charge in [0.15, 0.2) is 17.3 Å². The molecule has 0 saturated carbocycles. The van der Waals surface area contributed by atoms with E-state index < -0.39 is 23.3 Å².